The number of fused-ring (bicyclic) bond motifs is 1. The third kappa shape index (κ3) is 4.31. The quantitative estimate of drug-likeness (QED) is 0.566. The summed E-state index contributed by atoms with van der Waals surface area (Å²) in [6, 6.07) is 9.07. The van der Waals surface area contributed by atoms with Gasteiger partial charge in [0.1, 0.15) is 11.6 Å². The van der Waals surface area contributed by atoms with Gasteiger partial charge in [0.2, 0.25) is 0 Å². The number of benzene rings is 2. The lowest BCUT2D eigenvalue weighted by atomic mass is 10.0. The number of aromatic nitrogens is 2. The molecule has 1 heterocycles. The van der Waals surface area contributed by atoms with Gasteiger partial charge in [-0.3, -0.25) is 0 Å². The van der Waals surface area contributed by atoms with Gasteiger partial charge in [-0.25, -0.2) is 19.2 Å². The Morgan fingerprint density at radius 1 is 1.31 bits per heavy atom. The Kier molecular flexibility index (Phi) is 5.72. The predicted molar refractivity (Wildman–Crippen MR) is 108 cm³/mol. The van der Waals surface area contributed by atoms with Crippen molar-refractivity contribution in [3.05, 3.63) is 53.5 Å². The van der Waals surface area contributed by atoms with Crippen LogP contribution in [0.15, 0.2) is 36.4 Å². The van der Waals surface area contributed by atoms with Crippen molar-refractivity contribution >= 4 is 22.7 Å². The highest BCUT2D eigenvalue weighted by molar-refractivity contribution is 6.07. The van der Waals surface area contributed by atoms with E-state index in [1.165, 1.54) is 25.3 Å². The maximum absolute atomic E-state index is 14.4. The lowest BCUT2D eigenvalue weighted by Crippen LogP contribution is -2.34. The van der Waals surface area contributed by atoms with Crippen molar-refractivity contribution in [3.8, 4) is 17.1 Å². The first-order valence-corrected chi connectivity index (χ1v) is 8.98. The van der Waals surface area contributed by atoms with E-state index in [1.807, 2.05) is 19.1 Å². The van der Waals surface area contributed by atoms with E-state index in [4.69, 9.17) is 5.41 Å². The average molecular weight is 396 g/mol. The monoisotopic (exact) mass is 396 g/mol. The third-order valence-corrected chi connectivity index (χ3v) is 4.41. The lowest BCUT2D eigenvalue weighted by molar-refractivity contribution is 0.167. The number of aryl methyl sites for hydroxylation is 1. The molecule has 0 spiro atoms. The number of phenolic OH excluding ortho intramolecular Hbond substituents is 1. The zero-order chi connectivity index (χ0) is 21.1. The van der Waals surface area contributed by atoms with Crippen LogP contribution in [-0.4, -0.2) is 40.0 Å². The topological polar surface area (TPSA) is 108 Å². The summed E-state index contributed by atoms with van der Waals surface area (Å²) in [5, 5.41) is 21.9. The number of hydrogen-bond donors (Lipinski definition) is 3. The van der Waals surface area contributed by atoms with E-state index >= 15 is 0 Å². The number of carbonyl (C=O) groups excluding carboxylic acids is 1. The van der Waals surface area contributed by atoms with Gasteiger partial charge in [0.05, 0.1) is 29.6 Å². The first-order valence-electron chi connectivity index (χ1n) is 8.98. The normalized spacial score (nSPS) is 11.9. The smallest absolute Gasteiger partial charge is 0.407 e. The van der Waals surface area contributed by atoms with Crippen LogP contribution in [0, 0.1) is 18.2 Å². The van der Waals surface area contributed by atoms with E-state index in [-0.39, 0.29) is 35.3 Å². The van der Waals surface area contributed by atoms with E-state index in [0.29, 0.717) is 16.6 Å². The Morgan fingerprint density at radius 3 is 2.76 bits per heavy atom. The summed E-state index contributed by atoms with van der Waals surface area (Å²) >= 11 is 0. The molecule has 150 valence electrons. The first-order chi connectivity index (χ1) is 13.8. The van der Waals surface area contributed by atoms with Crippen molar-refractivity contribution in [2.45, 2.75) is 26.3 Å². The van der Waals surface area contributed by atoms with E-state index in [2.05, 4.69) is 20.0 Å². The maximum atomic E-state index is 14.4. The Labute approximate surface area is 167 Å². The number of ether oxygens (including phenoxy) is 1. The van der Waals surface area contributed by atoms with Gasteiger partial charge >= 0.3 is 6.09 Å². The zero-order valence-corrected chi connectivity index (χ0v) is 16.3. The van der Waals surface area contributed by atoms with Crippen molar-refractivity contribution in [1.82, 2.24) is 15.3 Å². The summed E-state index contributed by atoms with van der Waals surface area (Å²) in [4.78, 5) is 20.2. The molecule has 3 aromatic rings. The molecule has 0 saturated heterocycles. The number of alkyl carbamates (subject to hydrolysis) is 1. The Hall–Kier alpha value is -3.55. The minimum atomic E-state index is -0.657. The van der Waals surface area contributed by atoms with Gasteiger partial charge in [0, 0.05) is 17.8 Å². The van der Waals surface area contributed by atoms with Crippen LogP contribution in [0.25, 0.3) is 22.3 Å². The standard InChI is InChI=1S/C21H21FN4O3/c1-11-7-8-13-16(9-11)25-20(18-14(22)5-4-6-17(18)27)26-19(13)15(23)10-12(2)24-21(28)29-3/h4-9,12,23,27H,10H2,1-3H3,(H,24,28)/t12-/m0/s1. The van der Waals surface area contributed by atoms with Gasteiger partial charge in [-0.2, -0.15) is 0 Å². The van der Waals surface area contributed by atoms with Gasteiger partial charge in [-0.05, 0) is 37.6 Å². The summed E-state index contributed by atoms with van der Waals surface area (Å²) in [5.41, 5.74) is 1.81. The molecular weight excluding hydrogens is 375 g/mol. The van der Waals surface area contributed by atoms with E-state index in [1.54, 1.807) is 13.0 Å². The number of methoxy groups -OCH3 is 1. The number of nitrogens with zero attached hydrogens (tertiary/aromatic N) is 2. The molecule has 0 radical (unpaired) electrons. The molecule has 1 aromatic heterocycles. The van der Waals surface area contributed by atoms with Crippen LogP contribution >= 0.6 is 0 Å². The van der Waals surface area contributed by atoms with E-state index in [0.717, 1.165) is 5.56 Å². The molecule has 29 heavy (non-hydrogen) atoms. The summed E-state index contributed by atoms with van der Waals surface area (Å²) in [7, 11) is 1.26. The van der Waals surface area contributed by atoms with Crippen LogP contribution in [0.5, 0.6) is 5.75 Å². The van der Waals surface area contributed by atoms with Crippen LogP contribution in [0.4, 0.5) is 9.18 Å². The molecule has 7 nitrogen and oxygen atoms in total. The molecule has 0 aliphatic carbocycles. The van der Waals surface area contributed by atoms with E-state index in [9.17, 15) is 14.3 Å². The van der Waals surface area contributed by atoms with Crippen LogP contribution < -0.4 is 5.32 Å². The van der Waals surface area contributed by atoms with Crippen LogP contribution in [0.3, 0.4) is 0 Å². The third-order valence-electron chi connectivity index (χ3n) is 4.41. The molecule has 0 aliphatic rings. The second-order valence-electron chi connectivity index (χ2n) is 6.77. The highest BCUT2D eigenvalue weighted by Gasteiger charge is 2.20. The lowest BCUT2D eigenvalue weighted by Gasteiger charge is -2.15. The van der Waals surface area contributed by atoms with E-state index < -0.39 is 11.9 Å². The SMILES string of the molecule is COC(=O)N[C@@H](C)CC(=N)c1nc(-c2c(O)cccc2F)nc2cc(C)ccc12. The van der Waals surface area contributed by atoms with Gasteiger partial charge < -0.3 is 20.6 Å². The Bertz CT molecular complexity index is 1080. The molecule has 0 bridgehead atoms. The fourth-order valence-electron chi connectivity index (χ4n) is 3.03. The van der Waals surface area contributed by atoms with Gasteiger partial charge in [0.15, 0.2) is 5.82 Å². The first kappa shape index (κ1) is 20.2. The molecule has 0 unspecified atom stereocenters. The number of rotatable bonds is 5. The molecule has 0 saturated carbocycles. The average Bonchev–Trinajstić information content (AvgIpc) is 2.66. The number of hydrogen-bond acceptors (Lipinski definition) is 6. The molecule has 0 aliphatic heterocycles. The number of amides is 1. The van der Waals surface area contributed by atoms with Crippen LogP contribution in [-0.2, 0) is 4.74 Å². The summed E-state index contributed by atoms with van der Waals surface area (Å²) in [5.74, 6) is -0.947. The predicted octanol–water partition coefficient (Wildman–Crippen LogP) is 3.95. The molecule has 1 atom stereocenters. The fourth-order valence-corrected chi connectivity index (χ4v) is 3.03. The molecule has 1 amide bonds. The zero-order valence-electron chi connectivity index (χ0n) is 16.3. The minimum Gasteiger partial charge on any atom is -0.507 e. The Morgan fingerprint density at radius 2 is 2.07 bits per heavy atom. The van der Waals surface area contributed by atoms with Gasteiger partial charge in [0.25, 0.3) is 0 Å². The fraction of sp³-hybridized carbons (Fsp3) is 0.238. The summed E-state index contributed by atoms with van der Waals surface area (Å²) in [6.07, 6.45) is -0.414. The van der Waals surface area contributed by atoms with Gasteiger partial charge in [-0.15, -0.1) is 0 Å². The molecule has 0 fully saturated rings. The number of nitrogens with one attached hydrogen (secondary N) is 2. The molecule has 2 aromatic carbocycles. The van der Waals surface area contributed by atoms with Crippen molar-refractivity contribution < 1.29 is 19.0 Å². The van der Waals surface area contributed by atoms with Crippen molar-refractivity contribution in [3.63, 3.8) is 0 Å². The highest BCUT2D eigenvalue weighted by Crippen LogP contribution is 2.31. The second kappa shape index (κ2) is 8.22. The summed E-state index contributed by atoms with van der Waals surface area (Å²) < 4.78 is 19.0. The molecular formula is C21H21FN4O3. The number of aromatic hydroxyl groups is 1. The second-order valence-corrected chi connectivity index (χ2v) is 6.77. The number of halogens is 1. The number of phenols is 1. The Balaban J connectivity index is 2.10. The maximum Gasteiger partial charge on any atom is 0.407 e. The van der Waals surface area contributed by atoms with Crippen LogP contribution in [0.1, 0.15) is 24.6 Å². The largest absolute Gasteiger partial charge is 0.507 e. The molecule has 3 N–H and O–H groups in total. The molecule has 8 heteroatoms. The van der Waals surface area contributed by atoms with Crippen LogP contribution in [0.2, 0.25) is 0 Å². The molecule has 3 rings (SSSR count). The van der Waals surface area contributed by atoms with Crippen molar-refractivity contribution in [2.75, 3.05) is 7.11 Å². The summed E-state index contributed by atoms with van der Waals surface area (Å²) in [6.45, 7) is 3.64. The minimum absolute atomic E-state index is 0.00738. The van der Waals surface area contributed by atoms with Crippen molar-refractivity contribution in [2.24, 2.45) is 0 Å². The van der Waals surface area contributed by atoms with Gasteiger partial charge in [-0.1, -0.05) is 18.2 Å². The number of carbonyl (C=O) groups is 1. The highest BCUT2D eigenvalue weighted by atomic mass is 19.1. The van der Waals surface area contributed by atoms with Crippen molar-refractivity contribution in [1.29, 1.82) is 5.41 Å².